The van der Waals surface area contributed by atoms with Gasteiger partial charge in [0, 0.05) is 66.3 Å². The number of halogens is 2. The van der Waals surface area contributed by atoms with Gasteiger partial charge in [0.25, 0.3) is 0 Å². The minimum absolute atomic E-state index is 0.0254. The lowest BCUT2D eigenvalue weighted by molar-refractivity contribution is -0.0366. The van der Waals surface area contributed by atoms with Crippen molar-refractivity contribution < 1.29 is 32.5 Å². The molecule has 1 amide bonds. The number of fused-ring (bicyclic) bond motifs is 2. The van der Waals surface area contributed by atoms with Crippen molar-refractivity contribution in [2.45, 2.75) is 110 Å². The maximum absolute atomic E-state index is 16.4. The SMILES string of the molecule is C#Cc1ccc(COc2c(-c3c(C)c(F)cc4c3cnn4C3CCCCO3)c(C3CC3)cc3c(N(C)[C@H]4CCN(C(=O)OC(C)(C)C)C4)nc(OC[C@H](C)F)nc23)cc1. The van der Waals surface area contributed by atoms with Gasteiger partial charge in [-0.25, -0.2) is 18.3 Å². The molecule has 3 aliphatic rings. The van der Waals surface area contributed by atoms with E-state index in [2.05, 4.69) is 12.0 Å². The van der Waals surface area contributed by atoms with Gasteiger partial charge in [0.15, 0.2) is 12.0 Å². The molecule has 8 rings (SSSR count). The minimum atomic E-state index is -1.28. The average molecular weight is 807 g/mol. The summed E-state index contributed by atoms with van der Waals surface area (Å²) in [5.74, 6) is 3.43. The maximum atomic E-state index is 16.4. The highest BCUT2D eigenvalue weighted by molar-refractivity contribution is 6.06. The lowest BCUT2D eigenvalue weighted by Crippen LogP contribution is -2.39. The van der Waals surface area contributed by atoms with Crippen molar-refractivity contribution >= 4 is 33.7 Å². The first kappa shape index (κ1) is 40.3. The zero-order valence-corrected chi connectivity index (χ0v) is 34.7. The van der Waals surface area contributed by atoms with Crippen molar-refractivity contribution in [1.29, 1.82) is 0 Å². The van der Waals surface area contributed by atoms with Crippen LogP contribution in [-0.2, 0) is 16.1 Å². The Morgan fingerprint density at radius 2 is 1.85 bits per heavy atom. The van der Waals surface area contributed by atoms with Gasteiger partial charge in [0.05, 0.1) is 11.7 Å². The summed E-state index contributed by atoms with van der Waals surface area (Å²) in [6.45, 7) is 10.2. The molecule has 1 saturated carbocycles. The Balaban J connectivity index is 1.34. The van der Waals surface area contributed by atoms with Gasteiger partial charge in [-0.2, -0.15) is 15.1 Å². The first-order valence-corrected chi connectivity index (χ1v) is 20.6. The summed E-state index contributed by atoms with van der Waals surface area (Å²) in [7, 11) is 1.94. The fraction of sp³-hybridized carbons (Fsp3) is 0.478. The van der Waals surface area contributed by atoms with E-state index in [1.165, 1.54) is 6.92 Å². The third-order valence-corrected chi connectivity index (χ3v) is 11.4. The first-order chi connectivity index (χ1) is 28.3. The Hall–Kier alpha value is -5.48. The number of hydrogen-bond donors (Lipinski definition) is 0. The van der Waals surface area contributed by atoms with Crippen molar-refractivity contribution in [1.82, 2.24) is 24.6 Å². The highest BCUT2D eigenvalue weighted by Gasteiger charge is 2.37. The number of benzene rings is 3. The van der Waals surface area contributed by atoms with Crippen LogP contribution in [0.15, 0.2) is 42.6 Å². The number of hydrogen-bond acceptors (Lipinski definition) is 9. The number of aromatic nitrogens is 4. The predicted octanol–water partition coefficient (Wildman–Crippen LogP) is 9.41. The quantitative estimate of drug-likeness (QED) is 0.121. The van der Waals surface area contributed by atoms with Crippen molar-refractivity contribution in [3.05, 3.63) is 70.7 Å². The molecule has 2 aromatic heterocycles. The van der Waals surface area contributed by atoms with Crippen LogP contribution in [0.4, 0.5) is 19.4 Å². The molecule has 2 aliphatic heterocycles. The number of terminal acetylenes is 1. The second-order valence-corrected chi connectivity index (χ2v) is 17.1. The van der Waals surface area contributed by atoms with E-state index in [1.807, 2.05) is 57.0 Å². The van der Waals surface area contributed by atoms with E-state index in [0.717, 1.165) is 59.7 Å². The van der Waals surface area contributed by atoms with Crippen LogP contribution in [0.5, 0.6) is 11.8 Å². The summed E-state index contributed by atoms with van der Waals surface area (Å²) < 4.78 is 57.3. The largest absolute Gasteiger partial charge is 0.486 e. The molecule has 3 aromatic carbocycles. The van der Waals surface area contributed by atoms with E-state index >= 15 is 4.39 Å². The highest BCUT2D eigenvalue weighted by atomic mass is 19.1. The molecule has 3 fully saturated rings. The van der Waals surface area contributed by atoms with Crippen molar-refractivity contribution in [3.8, 4) is 35.2 Å². The number of likely N-dealkylation sites (N-methyl/N-ethyl adjacent to an activating group) is 1. The summed E-state index contributed by atoms with van der Waals surface area (Å²) in [5, 5.41) is 6.26. The molecule has 1 unspecified atom stereocenters. The Morgan fingerprint density at radius 3 is 2.53 bits per heavy atom. The number of likely N-dealkylation sites (tertiary alicyclic amines) is 1. The molecule has 13 heteroatoms. The highest BCUT2D eigenvalue weighted by Crippen LogP contribution is 2.53. The van der Waals surface area contributed by atoms with Gasteiger partial charge >= 0.3 is 12.1 Å². The van der Waals surface area contributed by atoms with E-state index in [9.17, 15) is 9.18 Å². The Morgan fingerprint density at radius 1 is 1.07 bits per heavy atom. The molecule has 5 aromatic rings. The lowest BCUT2D eigenvalue weighted by Gasteiger charge is -2.29. The molecule has 59 heavy (non-hydrogen) atoms. The third-order valence-electron chi connectivity index (χ3n) is 11.4. The number of amides is 1. The predicted molar refractivity (Wildman–Crippen MR) is 223 cm³/mol. The number of nitrogens with zero attached hydrogens (tertiary/aromatic N) is 6. The van der Waals surface area contributed by atoms with E-state index < -0.39 is 11.8 Å². The Labute approximate surface area is 344 Å². The second kappa shape index (κ2) is 16.3. The zero-order valence-electron chi connectivity index (χ0n) is 34.7. The Kier molecular flexibility index (Phi) is 11.1. The maximum Gasteiger partial charge on any atom is 0.410 e. The molecule has 11 nitrogen and oxygen atoms in total. The summed E-state index contributed by atoms with van der Waals surface area (Å²) in [6.07, 6.45) is 10.8. The average Bonchev–Trinajstić information content (AvgIpc) is 3.79. The van der Waals surface area contributed by atoms with Crippen LogP contribution >= 0.6 is 0 Å². The van der Waals surface area contributed by atoms with Crippen LogP contribution in [0.1, 0.15) is 101 Å². The molecule has 0 N–H and O–H groups in total. The summed E-state index contributed by atoms with van der Waals surface area (Å²) >= 11 is 0. The van der Waals surface area contributed by atoms with Gasteiger partial charge in [-0.15, -0.1) is 6.42 Å². The topological polar surface area (TPSA) is 104 Å². The number of ether oxygens (including phenoxy) is 4. The van der Waals surface area contributed by atoms with Crippen LogP contribution in [0.25, 0.3) is 32.9 Å². The zero-order chi connectivity index (χ0) is 41.6. The van der Waals surface area contributed by atoms with Crippen molar-refractivity contribution in [2.75, 3.05) is 38.3 Å². The molecule has 310 valence electrons. The smallest absolute Gasteiger partial charge is 0.410 e. The number of carbonyl (C=O) groups excluding carboxylic acids is 1. The minimum Gasteiger partial charge on any atom is -0.486 e. The normalized spacial score (nSPS) is 18.9. The fourth-order valence-corrected chi connectivity index (χ4v) is 8.16. The summed E-state index contributed by atoms with van der Waals surface area (Å²) in [4.78, 5) is 26.7. The number of alkyl halides is 1. The van der Waals surface area contributed by atoms with Crippen molar-refractivity contribution in [3.63, 3.8) is 0 Å². The van der Waals surface area contributed by atoms with Gasteiger partial charge in [-0.05, 0) is 114 Å². The molecule has 3 atom stereocenters. The van der Waals surface area contributed by atoms with Crippen LogP contribution in [0.3, 0.4) is 0 Å². The lowest BCUT2D eigenvalue weighted by atomic mass is 9.88. The number of rotatable bonds is 11. The fourth-order valence-electron chi connectivity index (χ4n) is 8.16. The molecular formula is C46H52F2N6O5. The van der Waals surface area contributed by atoms with E-state index in [1.54, 1.807) is 28.8 Å². The molecule has 0 spiro atoms. The van der Waals surface area contributed by atoms with Crippen LogP contribution < -0.4 is 14.4 Å². The van der Waals surface area contributed by atoms with Crippen LogP contribution in [0.2, 0.25) is 0 Å². The molecule has 4 heterocycles. The molecule has 2 saturated heterocycles. The molecule has 0 bridgehead atoms. The molecule has 0 radical (unpaired) electrons. The van der Waals surface area contributed by atoms with Gasteiger partial charge in [0.1, 0.15) is 42.1 Å². The second-order valence-electron chi connectivity index (χ2n) is 17.1. The first-order valence-electron chi connectivity index (χ1n) is 20.6. The Bertz CT molecular complexity index is 2410. The monoisotopic (exact) mass is 806 g/mol. The number of anilines is 1. The summed E-state index contributed by atoms with van der Waals surface area (Å²) in [5.41, 5.74) is 4.87. The van der Waals surface area contributed by atoms with Crippen LogP contribution in [-0.4, -0.2) is 81.9 Å². The standard InChI is InChI=1S/C46H52F2N6O5/c1-8-29-12-14-30(15-13-29)26-57-42-40(39-28(3)36(48)22-37-35(39)23-49-54(37)38-11-9-10-20-56-38)33(31-16-17-31)21-34-41(42)50-44(58-25-27(2)47)51-43(34)52(7)32-18-19-53(24-32)45(55)59-46(4,5)6/h1,12-15,21-23,27,31-32,38H,9-11,16-20,24-26H2,2-7H3/t27-,32-,38?/m0/s1. The van der Waals surface area contributed by atoms with Gasteiger partial charge < -0.3 is 28.7 Å². The van der Waals surface area contributed by atoms with Gasteiger partial charge in [0.2, 0.25) is 0 Å². The van der Waals surface area contributed by atoms with Gasteiger partial charge in [-0.3, -0.25) is 0 Å². The van der Waals surface area contributed by atoms with Crippen molar-refractivity contribution in [2.24, 2.45) is 0 Å². The molecular weight excluding hydrogens is 755 g/mol. The van der Waals surface area contributed by atoms with E-state index in [4.69, 9.17) is 40.4 Å². The van der Waals surface area contributed by atoms with E-state index in [-0.39, 0.29) is 49.3 Å². The van der Waals surface area contributed by atoms with E-state index in [0.29, 0.717) is 65.2 Å². The van der Waals surface area contributed by atoms with Crippen LogP contribution in [0, 0.1) is 25.1 Å². The summed E-state index contributed by atoms with van der Waals surface area (Å²) in [6, 6.07) is 11.1. The van der Waals surface area contributed by atoms with Gasteiger partial charge in [-0.1, -0.05) is 18.1 Å². The number of carbonyl (C=O) groups is 1. The third kappa shape index (κ3) is 8.37. The molecule has 1 aliphatic carbocycles.